The molecule has 3 nitrogen and oxygen atoms in total. The van der Waals surface area contributed by atoms with Crippen LogP contribution in [0.4, 0.5) is 5.69 Å². The predicted molar refractivity (Wildman–Crippen MR) is 99.9 cm³/mol. The molecule has 0 spiro atoms. The molecule has 1 fully saturated rings. The van der Waals surface area contributed by atoms with Crippen molar-refractivity contribution in [1.82, 2.24) is 4.90 Å². The summed E-state index contributed by atoms with van der Waals surface area (Å²) in [6, 6.07) is 13.4. The molecule has 3 rings (SSSR count). The molecule has 0 aliphatic carbocycles. The fourth-order valence-electron chi connectivity index (χ4n) is 3.08. The van der Waals surface area contributed by atoms with E-state index in [1.807, 2.05) is 25.1 Å². The molecule has 1 aliphatic rings. The van der Waals surface area contributed by atoms with Crippen LogP contribution in [0.5, 0.6) is 0 Å². The molecule has 0 aromatic heterocycles. The van der Waals surface area contributed by atoms with Crippen LogP contribution in [0.3, 0.4) is 0 Å². The van der Waals surface area contributed by atoms with Gasteiger partial charge in [-0.25, -0.2) is 0 Å². The molecular weight excluding hydrogens is 343 g/mol. The van der Waals surface area contributed by atoms with Crippen molar-refractivity contribution in [2.75, 3.05) is 18.0 Å². The van der Waals surface area contributed by atoms with Crippen molar-refractivity contribution in [3.63, 3.8) is 0 Å². The highest BCUT2D eigenvalue weighted by molar-refractivity contribution is 6.36. The van der Waals surface area contributed by atoms with Crippen LogP contribution in [0.1, 0.15) is 18.1 Å². The first-order chi connectivity index (χ1) is 11.5. The number of aryl methyl sites for hydroxylation is 1. The number of halogens is 2. The Morgan fingerprint density at radius 2 is 1.88 bits per heavy atom. The van der Waals surface area contributed by atoms with Crippen molar-refractivity contribution in [1.29, 1.82) is 0 Å². The van der Waals surface area contributed by atoms with Crippen molar-refractivity contribution >= 4 is 34.8 Å². The summed E-state index contributed by atoms with van der Waals surface area (Å²) in [4.78, 5) is 16.8. The molecule has 0 radical (unpaired) electrons. The number of hydrogen-bond acceptors (Lipinski definition) is 2. The fraction of sp³-hybridized carbons (Fsp3) is 0.316. The maximum Gasteiger partial charge on any atom is 0.244 e. The molecule has 1 heterocycles. The van der Waals surface area contributed by atoms with Crippen LogP contribution in [0.15, 0.2) is 42.5 Å². The van der Waals surface area contributed by atoms with Crippen LogP contribution in [0.25, 0.3) is 0 Å². The van der Waals surface area contributed by atoms with E-state index in [-0.39, 0.29) is 11.9 Å². The average molecular weight is 363 g/mol. The SMILES string of the molecule is Cc1ccccc1CN1CCN(c2ccc(Cl)cc2Cl)C(=O)[C@@H]1C. The summed E-state index contributed by atoms with van der Waals surface area (Å²) in [7, 11) is 0. The van der Waals surface area contributed by atoms with Crippen molar-refractivity contribution < 1.29 is 4.79 Å². The van der Waals surface area contributed by atoms with Gasteiger partial charge in [0.1, 0.15) is 0 Å². The number of nitrogens with zero attached hydrogens (tertiary/aromatic N) is 2. The number of carbonyl (C=O) groups is 1. The Balaban J connectivity index is 1.77. The zero-order valence-electron chi connectivity index (χ0n) is 13.8. The lowest BCUT2D eigenvalue weighted by atomic mass is 10.1. The van der Waals surface area contributed by atoms with Crippen LogP contribution in [0.2, 0.25) is 10.0 Å². The number of carbonyl (C=O) groups excluding carboxylic acids is 1. The lowest BCUT2D eigenvalue weighted by molar-refractivity contribution is -0.125. The maximum absolute atomic E-state index is 12.8. The lowest BCUT2D eigenvalue weighted by Gasteiger charge is -2.39. The van der Waals surface area contributed by atoms with Gasteiger partial charge in [-0.15, -0.1) is 0 Å². The molecular formula is C19H20Cl2N2O. The summed E-state index contributed by atoms with van der Waals surface area (Å²) in [5.74, 6) is 0.0686. The van der Waals surface area contributed by atoms with E-state index < -0.39 is 0 Å². The maximum atomic E-state index is 12.8. The largest absolute Gasteiger partial charge is 0.308 e. The van der Waals surface area contributed by atoms with Gasteiger partial charge in [0, 0.05) is 24.7 Å². The van der Waals surface area contributed by atoms with Crippen molar-refractivity contribution in [3.8, 4) is 0 Å². The average Bonchev–Trinajstić information content (AvgIpc) is 2.55. The van der Waals surface area contributed by atoms with Gasteiger partial charge in [0.25, 0.3) is 0 Å². The summed E-state index contributed by atoms with van der Waals surface area (Å²) >= 11 is 12.2. The Morgan fingerprint density at radius 3 is 2.58 bits per heavy atom. The van der Waals surface area contributed by atoms with E-state index in [0.717, 1.165) is 18.8 Å². The minimum atomic E-state index is -0.190. The van der Waals surface area contributed by atoms with Gasteiger partial charge >= 0.3 is 0 Å². The Labute approximate surface area is 152 Å². The second kappa shape index (κ2) is 7.14. The molecule has 0 saturated carbocycles. The third-order valence-electron chi connectivity index (χ3n) is 4.62. The molecule has 126 valence electrons. The molecule has 5 heteroatoms. The van der Waals surface area contributed by atoms with E-state index in [4.69, 9.17) is 23.2 Å². The van der Waals surface area contributed by atoms with Crippen LogP contribution in [-0.2, 0) is 11.3 Å². The van der Waals surface area contributed by atoms with E-state index in [1.165, 1.54) is 11.1 Å². The Hall–Kier alpha value is -1.55. The molecule has 1 aliphatic heterocycles. The molecule has 2 aromatic carbocycles. The van der Waals surface area contributed by atoms with Gasteiger partial charge in [0.05, 0.1) is 16.8 Å². The summed E-state index contributed by atoms with van der Waals surface area (Å²) in [6.07, 6.45) is 0. The standard InChI is InChI=1S/C19H20Cl2N2O/c1-13-5-3-4-6-15(13)12-22-9-10-23(19(24)14(22)2)18-8-7-16(20)11-17(18)21/h3-8,11,14H,9-10,12H2,1-2H3/t14-/m0/s1. The van der Waals surface area contributed by atoms with Gasteiger partial charge in [-0.3, -0.25) is 9.69 Å². The quantitative estimate of drug-likeness (QED) is 0.799. The second-order valence-electron chi connectivity index (χ2n) is 6.16. The summed E-state index contributed by atoms with van der Waals surface area (Å²) < 4.78 is 0. The molecule has 1 saturated heterocycles. The first-order valence-corrected chi connectivity index (χ1v) is 8.78. The first-order valence-electron chi connectivity index (χ1n) is 8.02. The number of amides is 1. The lowest BCUT2D eigenvalue weighted by Crippen LogP contribution is -2.55. The third kappa shape index (κ3) is 3.44. The van der Waals surface area contributed by atoms with Gasteiger partial charge in [0.2, 0.25) is 5.91 Å². The highest BCUT2D eigenvalue weighted by atomic mass is 35.5. The monoisotopic (exact) mass is 362 g/mol. The smallest absolute Gasteiger partial charge is 0.244 e. The minimum absolute atomic E-state index is 0.0686. The van der Waals surface area contributed by atoms with Gasteiger partial charge in [-0.05, 0) is 43.2 Å². The van der Waals surface area contributed by atoms with Crippen LogP contribution in [-0.4, -0.2) is 29.9 Å². The van der Waals surface area contributed by atoms with Crippen molar-refractivity contribution in [3.05, 3.63) is 63.6 Å². The van der Waals surface area contributed by atoms with E-state index in [2.05, 4.69) is 24.0 Å². The second-order valence-corrected chi connectivity index (χ2v) is 7.00. The molecule has 0 unspecified atom stereocenters. The molecule has 24 heavy (non-hydrogen) atoms. The van der Waals surface area contributed by atoms with Gasteiger partial charge in [-0.1, -0.05) is 47.5 Å². The van der Waals surface area contributed by atoms with Crippen LogP contribution in [0, 0.1) is 6.92 Å². The topological polar surface area (TPSA) is 23.6 Å². The molecule has 0 N–H and O–H groups in total. The molecule has 1 amide bonds. The van der Waals surface area contributed by atoms with Gasteiger partial charge in [0.15, 0.2) is 0 Å². The highest BCUT2D eigenvalue weighted by Gasteiger charge is 2.33. The molecule has 1 atom stereocenters. The number of anilines is 1. The van der Waals surface area contributed by atoms with Crippen molar-refractivity contribution in [2.24, 2.45) is 0 Å². The van der Waals surface area contributed by atoms with E-state index in [0.29, 0.717) is 16.6 Å². The Bertz CT molecular complexity index is 763. The number of benzene rings is 2. The van der Waals surface area contributed by atoms with Crippen LogP contribution < -0.4 is 4.90 Å². The van der Waals surface area contributed by atoms with Gasteiger partial charge < -0.3 is 4.90 Å². The number of rotatable bonds is 3. The Kier molecular flexibility index (Phi) is 5.14. The van der Waals surface area contributed by atoms with E-state index in [1.54, 1.807) is 17.0 Å². The number of hydrogen-bond donors (Lipinski definition) is 0. The summed E-state index contributed by atoms with van der Waals surface area (Å²) in [5.41, 5.74) is 3.24. The zero-order chi connectivity index (χ0) is 17.3. The Morgan fingerprint density at radius 1 is 1.12 bits per heavy atom. The fourth-order valence-corrected chi connectivity index (χ4v) is 3.59. The molecule has 2 aromatic rings. The third-order valence-corrected chi connectivity index (χ3v) is 5.16. The van der Waals surface area contributed by atoms with Crippen molar-refractivity contribution in [2.45, 2.75) is 26.4 Å². The first kappa shape index (κ1) is 17.3. The van der Waals surface area contributed by atoms with E-state index >= 15 is 0 Å². The van der Waals surface area contributed by atoms with E-state index in [9.17, 15) is 4.79 Å². The highest BCUT2D eigenvalue weighted by Crippen LogP contribution is 2.31. The summed E-state index contributed by atoms with van der Waals surface area (Å²) in [6.45, 7) is 6.26. The minimum Gasteiger partial charge on any atom is -0.308 e. The van der Waals surface area contributed by atoms with Gasteiger partial charge in [-0.2, -0.15) is 0 Å². The zero-order valence-corrected chi connectivity index (χ0v) is 15.3. The predicted octanol–water partition coefficient (Wildman–Crippen LogP) is 4.54. The number of piperazine rings is 1. The normalized spacial score (nSPS) is 18.9. The summed E-state index contributed by atoms with van der Waals surface area (Å²) in [5, 5.41) is 1.08. The molecule has 0 bridgehead atoms. The van der Waals surface area contributed by atoms with Crippen LogP contribution >= 0.6 is 23.2 Å².